The Kier molecular flexibility index (Phi) is 9.51. The molecule has 0 aromatic heterocycles. The van der Waals surface area contributed by atoms with Crippen LogP contribution in [-0.2, 0) is 11.3 Å². The monoisotopic (exact) mass is 450 g/mol. The maximum absolute atomic E-state index is 4.54. The maximum atomic E-state index is 4.54. The minimum atomic E-state index is 0.875. The molecular weight excluding hydrogens is 436 g/mol. The first-order valence-corrected chi connectivity index (χ1v) is 11.7. The van der Waals surface area contributed by atoms with E-state index in [1.54, 1.807) is 0 Å². The summed E-state index contributed by atoms with van der Waals surface area (Å²) in [4.78, 5) is 9.08. The fourth-order valence-corrected chi connectivity index (χ4v) is 1.55. The molecule has 0 radical (unpaired) electrons. The first-order valence-electron chi connectivity index (χ1n) is 6.23. The van der Waals surface area contributed by atoms with Crippen LogP contribution in [0.3, 0.4) is 0 Å². The normalized spacial score (nSPS) is 11.8. The van der Waals surface area contributed by atoms with Gasteiger partial charge in [0, 0.05) is 0 Å². The predicted octanol–water partition coefficient (Wildman–Crippen LogP) is 6.26. The molecule has 0 atom stereocenters. The van der Waals surface area contributed by atoms with Gasteiger partial charge >= 0.3 is 39.6 Å². The van der Waals surface area contributed by atoms with Gasteiger partial charge in [-0.15, -0.1) is 0 Å². The molecule has 0 spiro atoms. The summed E-state index contributed by atoms with van der Waals surface area (Å²) >= 11 is 7.00. The van der Waals surface area contributed by atoms with Crippen molar-refractivity contribution in [2.24, 2.45) is 9.98 Å². The number of para-hydroxylation sites is 2. The van der Waals surface area contributed by atoms with Gasteiger partial charge in [0.2, 0.25) is 0 Å². The van der Waals surface area contributed by atoms with Crippen LogP contribution in [0.15, 0.2) is 70.6 Å². The van der Waals surface area contributed by atoms with Crippen LogP contribution in [0, 0.1) is 0 Å². The molecule has 0 N–H and O–H groups in total. The molecule has 5 heteroatoms. The molecule has 2 nitrogen and oxygen atoms in total. The summed E-state index contributed by atoms with van der Waals surface area (Å²) in [6.07, 6.45) is 0. The topological polar surface area (TPSA) is 24.7 Å². The van der Waals surface area contributed by atoms with Crippen LogP contribution in [0.4, 0.5) is 11.4 Å². The Morgan fingerprint density at radius 3 is 1.29 bits per heavy atom. The van der Waals surface area contributed by atoms with Gasteiger partial charge in [-0.05, 0) is 38.1 Å². The van der Waals surface area contributed by atoms with Gasteiger partial charge in [-0.1, -0.05) is 36.4 Å². The van der Waals surface area contributed by atoms with Crippen molar-refractivity contribution in [1.29, 1.82) is 0 Å². The van der Waals surface area contributed by atoms with Crippen LogP contribution < -0.4 is 0 Å². The van der Waals surface area contributed by atoms with Crippen molar-refractivity contribution in [3.05, 3.63) is 60.7 Å². The zero-order valence-corrected chi connectivity index (χ0v) is 16.1. The Balaban J connectivity index is 0.000000677. The van der Waals surface area contributed by atoms with Crippen LogP contribution in [0.1, 0.15) is 13.8 Å². The fraction of sp³-hybridized carbons (Fsp3) is 0.125. The van der Waals surface area contributed by atoms with Crippen LogP contribution in [0.2, 0.25) is 0 Å². The van der Waals surface area contributed by atoms with E-state index in [9.17, 15) is 0 Å². The molecule has 112 valence electrons. The van der Waals surface area contributed by atoms with Crippen molar-refractivity contribution < 1.29 is 11.3 Å². The van der Waals surface area contributed by atoms with Gasteiger partial charge < -0.3 is 0 Å². The van der Waals surface area contributed by atoms with E-state index in [4.69, 9.17) is 0 Å². The Bertz CT molecular complexity index is 530. The number of nitrogens with zero attached hydrogens (tertiary/aromatic N) is 2. The van der Waals surface area contributed by atoms with Crippen molar-refractivity contribution in [2.75, 3.05) is 0 Å². The van der Waals surface area contributed by atoms with Gasteiger partial charge in [0.05, 0.1) is 22.8 Å². The summed E-state index contributed by atoms with van der Waals surface area (Å²) < 4.78 is 0. The summed E-state index contributed by atoms with van der Waals surface area (Å²) in [6.45, 7) is 3.96. The van der Waals surface area contributed by atoms with Gasteiger partial charge in [-0.25, -0.2) is 0 Å². The number of benzene rings is 2. The summed E-state index contributed by atoms with van der Waals surface area (Å²) in [5.41, 5.74) is 3.78. The Morgan fingerprint density at radius 2 is 1.00 bits per heavy atom. The number of rotatable bonds is 3. The van der Waals surface area contributed by atoms with E-state index in [0.717, 1.165) is 34.1 Å². The van der Waals surface area contributed by atoms with Crippen molar-refractivity contribution in [3.63, 3.8) is 0 Å². The second-order valence-electron chi connectivity index (χ2n) is 4.12. The molecule has 0 aliphatic heterocycles. The first kappa shape index (κ1) is 18.3. The van der Waals surface area contributed by atoms with Crippen LogP contribution in [0.5, 0.6) is 0 Å². The van der Waals surface area contributed by atoms with E-state index in [0.29, 0.717) is 0 Å². The van der Waals surface area contributed by atoms with Gasteiger partial charge in [0.25, 0.3) is 0 Å². The number of aliphatic imine (C=N–C) groups is 2. The molecule has 0 aliphatic carbocycles. The summed E-state index contributed by atoms with van der Waals surface area (Å²) in [7, 11) is 0. The summed E-state index contributed by atoms with van der Waals surface area (Å²) in [5, 5.41) is 0. The molecule has 0 unspecified atom stereocenters. The zero-order chi connectivity index (χ0) is 15.5. The molecular formula is C16H16Br2FeN2. The third-order valence-electron chi connectivity index (χ3n) is 2.63. The molecule has 0 aliphatic rings. The Labute approximate surface area is 146 Å². The van der Waals surface area contributed by atoms with E-state index in [1.165, 1.54) is 0 Å². The predicted molar refractivity (Wildman–Crippen MR) is 96.3 cm³/mol. The van der Waals surface area contributed by atoms with E-state index >= 15 is 0 Å². The van der Waals surface area contributed by atoms with Crippen LogP contribution in [-0.4, -0.2) is 11.4 Å². The Hall–Kier alpha value is -0.741. The van der Waals surface area contributed by atoms with Gasteiger partial charge in [0.15, 0.2) is 0 Å². The summed E-state index contributed by atoms with van der Waals surface area (Å²) in [6, 6.07) is 19.8. The van der Waals surface area contributed by atoms with E-state index < -0.39 is 0 Å². The third kappa shape index (κ3) is 7.72. The second-order valence-corrected chi connectivity index (χ2v) is 9.69. The first-order chi connectivity index (χ1) is 10.2. The van der Waals surface area contributed by atoms with Crippen molar-refractivity contribution >= 4 is 51.0 Å². The van der Waals surface area contributed by atoms with E-state index in [1.807, 2.05) is 74.5 Å². The van der Waals surface area contributed by atoms with Crippen LogP contribution >= 0.6 is 28.2 Å². The van der Waals surface area contributed by atoms with Crippen LogP contribution in [0.25, 0.3) is 0 Å². The molecule has 0 amide bonds. The fourth-order valence-electron chi connectivity index (χ4n) is 1.55. The van der Waals surface area contributed by atoms with Gasteiger partial charge in [-0.3, -0.25) is 9.98 Å². The van der Waals surface area contributed by atoms with E-state index in [-0.39, 0.29) is 0 Å². The molecule has 2 aromatic carbocycles. The molecule has 0 bridgehead atoms. The molecule has 2 aromatic rings. The number of hydrogen-bond donors (Lipinski definition) is 0. The number of halogens is 2. The van der Waals surface area contributed by atoms with E-state index in [2.05, 4.69) is 38.2 Å². The van der Waals surface area contributed by atoms with Crippen molar-refractivity contribution in [1.82, 2.24) is 0 Å². The molecule has 0 fully saturated rings. The third-order valence-corrected chi connectivity index (χ3v) is 2.63. The zero-order valence-electron chi connectivity index (χ0n) is 11.8. The quantitative estimate of drug-likeness (QED) is 0.388. The summed E-state index contributed by atoms with van der Waals surface area (Å²) in [5.74, 6) is 0. The minimum absolute atomic E-state index is 0.875. The molecule has 21 heavy (non-hydrogen) atoms. The Morgan fingerprint density at radius 1 is 0.714 bits per heavy atom. The van der Waals surface area contributed by atoms with Crippen molar-refractivity contribution in [3.8, 4) is 0 Å². The number of hydrogen-bond acceptors (Lipinski definition) is 2. The molecule has 0 saturated carbocycles. The average molecular weight is 452 g/mol. The SMILES string of the molecule is CC(=Nc1ccccc1)C(C)=Nc1ccccc1.[Br][Fe][Br]. The van der Waals surface area contributed by atoms with Gasteiger partial charge in [-0.2, -0.15) is 0 Å². The van der Waals surface area contributed by atoms with Crippen molar-refractivity contribution in [2.45, 2.75) is 13.8 Å². The molecule has 0 saturated heterocycles. The van der Waals surface area contributed by atoms with Gasteiger partial charge in [0.1, 0.15) is 0 Å². The standard InChI is InChI=1S/C16H16N2.2BrH.Fe/c1-13(17-15-9-5-3-6-10-15)14(2)18-16-11-7-4-8-12-16;;;/h3-12H,1-2H3;2*1H;/q;;;+2/p-2. The average Bonchev–Trinajstić information content (AvgIpc) is 2.50. The molecule has 0 heterocycles. The second kappa shape index (κ2) is 10.9. The molecule has 2 rings (SSSR count).